The maximum absolute atomic E-state index is 14.5. The molecule has 162 valence electrons. The first-order chi connectivity index (χ1) is 15.4. The van der Waals surface area contributed by atoms with Gasteiger partial charge in [-0.25, -0.2) is 13.6 Å². The number of carboxylic acid groups (broad SMARTS) is 1. The normalized spacial score (nSPS) is 11.0. The molecular formula is C25H19F2NO4. The van der Waals surface area contributed by atoms with Gasteiger partial charge in [-0.3, -0.25) is 0 Å². The van der Waals surface area contributed by atoms with E-state index in [2.05, 4.69) is 5.16 Å². The lowest BCUT2D eigenvalue weighted by atomic mass is 9.92. The van der Waals surface area contributed by atoms with Crippen molar-refractivity contribution < 1.29 is 27.9 Å². The van der Waals surface area contributed by atoms with Crippen LogP contribution < -0.4 is 0 Å². The second-order valence-electron chi connectivity index (χ2n) is 7.26. The van der Waals surface area contributed by atoms with E-state index in [0.717, 1.165) is 28.3 Å². The predicted octanol–water partition coefficient (Wildman–Crippen LogP) is 6.11. The molecule has 7 heteroatoms. The predicted molar refractivity (Wildman–Crippen MR) is 115 cm³/mol. The summed E-state index contributed by atoms with van der Waals surface area (Å²) in [5, 5.41) is 12.8. The van der Waals surface area contributed by atoms with Crippen molar-refractivity contribution in [1.82, 2.24) is 5.16 Å². The summed E-state index contributed by atoms with van der Waals surface area (Å²) in [7, 11) is 1.59. The molecule has 0 fully saturated rings. The van der Waals surface area contributed by atoms with E-state index in [1.54, 1.807) is 7.11 Å². The molecule has 0 aliphatic heterocycles. The van der Waals surface area contributed by atoms with Crippen LogP contribution in [0, 0.1) is 18.6 Å². The van der Waals surface area contributed by atoms with E-state index in [4.69, 9.17) is 14.4 Å². The van der Waals surface area contributed by atoms with Crippen LogP contribution in [-0.2, 0) is 11.3 Å². The molecule has 0 saturated heterocycles. The lowest BCUT2D eigenvalue weighted by Gasteiger charge is -2.15. The fourth-order valence-corrected chi connectivity index (χ4v) is 3.68. The number of carbonyl (C=O) groups is 1. The van der Waals surface area contributed by atoms with E-state index in [9.17, 15) is 13.6 Å². The van der Waals surface area contributed by atoms with Crippen molar-refractivity contribution in [3.8, 4) is 33.7 Å². The molecule has 0 aliphatic rings. The monoisotopic (exact) mass is 435 g/mol. The molecule has 3 aromatic carbocycles. The smallest absolute Gasteiger partial charge is 0.338 e. The highest BCUT2D eigenvalue weighted by atomic mass is 19.1. The number of nitrogens with zero attached hydrogens (tertiary/aromatic N) is 1. The molecule has 0 saturated carbocycles. The lowest BCUT2D eigenvalue weighted by Crippen LogP contribution is -2.02. The summed E-state index contributed by atoms with van der Waals surface area (Å²) in [5.74, 6) is -3.15. The molecule has 5 nitrogen and oxygen atoms in total. The zero-order valence-electron chi connectivity index (χ0n) is 17.4. The molecule has 0 aliphatic carbocycles. The molecule has 0 bridgehead atoms. The number of hydrogen-bond acceptors (Lipinski definition) is 4. The zero-order chi connectivity index (χ0) is 22.8. The van der Waals surface area contributed by atoms with E-state index in [1.165, 1.54) is 6.07 Å². The van der Waals surface area contributed by atoms with Crippen LogP contribution in [0.5, 0.6) is 0 Å². The average molecular weight is 435 g/mol. The van der Waals surface area contributed by atoms with Crippen LogP contribution in [0.2, 0.25) is 0 Å². The van der Waals surface area contributed by atoms with Crippen molar-refractivity contribution in [1.29, 1.82) is 0 Å². The first-order valence-corrected chi connectivity index (χ1v) is 9.77. The molecule has 0 atom stereocenters. The number of benzene rings is 3. The van der Waals surface area contributed by atoms with Gasteiger partial charge >= 0.3 is 5.97 Å². The van der Waals surface area contributed by atoms with E-state index < -0.39 is 23.2 Å². The Morgan fingerprint density at radius 1 is 1.00 bits per heavy atom. The first kappa shape index (κ1) is 21.4. The number of halogens is 2. The summed E-state index contributed by atoms with van der Waals surface area (Å²) in [6.07, 6.45) is 0. The van der Waals surface area contributed by atoms with Gasteiger partial charge in [-0.15, -0.1) is 0 Å². The van der Waals surface area contributed by atoms with Crippen LogP contribution in [0.3, 0.4) is 0 Å². The number of carboxylic acids is 1. The van der Waals surface area contributed by atoms with Gasteiger partial charge in [0.25, 0.3) is 0 Å². The first-order valence-electron chi connectivity index (χ1n) is 9.77. The lowest BCUT2D eigenvalue weighted by molar-refractivity contribution is 0.0691. The van der Waals surface area contributed by atoms with Crippen LogP contribution >= 0.6 is 0 Å². The minimum absolute atomic E-state index is 0.0569. The number of methoxy groups -OCH3 is 1. The third kappa shape index (κ3) is 3.90. The highest BCUT2D eigenvalue weighted by Gasteiger charge is 2.21. The number of aromatic nitrogens is 1. The number of ether oxygens (including phenoxy) is 1. The van der Waals surface area contributed by atoms with E-state index in [0.29, 0.717) is 24.0 Å². The summed E-state index contributed by atoms with van der Waals surface area (Å²) in [6, 6.07) is 16.7. The number of rotatable bonds is 6. The molecule has 4 aromatic rings. The van der Waals surface area contributed by atoms with Crippen molar-refractivity contribution in [3.05, 3.63) is 89.0 Å². The SMILES string of the molecule is COCc1c(-c2cc(-c3cc(F)c(C(=O)O)cc3F)no2)ccc(-c2ccccc2)c1C. The van der Waals surface area contributed by atoms with Gasteiger partial charge in [0.2, 0.25) is 0 Å². The van der Waals surface area contributed by atoms with Gasteiger partial charge < -0.3 is 14.4 Å². The van der Waals surface area contributed by atoms with Gasteiger partial charge in [0.1, 0.15) is 17.3 Å². The maximum Gasteiger partial charge on any atom is 0.338 e. The molecule has 0 radical (unpaired) electrons. The Hall–Kier alpha value is -3.84. The Morgan fingerprint density at radius 3 is 2.41 bits per heavy atom. The Balaban J connectivity index is 1.79. The quantitative estimate of drug-likeness (QED) is 0.396. The van der Waals surface area contributed by atoms with Crippen molar-refractivity contribution in [2.24, 2.45) is 0 Å². The number of aromatic carboxylic acids is 1. The fourth-order valence-electron chi connectivity index (χ4n) is 3.68. The minimum Gasteiger partial charge on any atom is -0.478 e. The molecule has 32 heavy (non-hydrogen) atoms. The molecule has 1 heterocycles. The van der Waals surface area contributed by atoms with Crippen LogP contribution in [0.25, 0.3) is 33.7 Å². The summed E-state index contributed by atoms with van der Waals surface area (Å²) >= 11 is 0. The van der Waals surface area contributed by atoms with Crippen LogP contribution in [-0.4, -0.2) is 23.3 Å². The zero-order valence-corrected chi connectivity index (χ0v) is 17.4. The van der Waals surface area contributed by atoms with E-state index >= 15 is 0 Å². The Bertz CT molecular complexity index is 1300. The van der Waals surface area contributed by atoms with Crippen LogP contribution in [0.1, 0.15) is 21.5 Å². The van der Waals surface area contributed by atoms with Gasteiger partial charge in [0, 0.05) is 24.3 Å². The third-order valence-electron chi connectivity index (χ3n) is 5.31. The Kier molecular flexibility index (Phi) is 5.83. The van der Waals surface area contributed by atoms with Gasteiger partial charge in [-0.1, -0.05) is 47.6 Å². The van der Waals surface area contributed by atoms with Crippen LogP contribution in [0.15, 0.2) is 65.2 Å². The van der Waals surface area contributed by atoms with E-state index in [-0.39, 0.29) is 11.3 Å². The summed E-state index contributed by atoms with van der Waals surface area (Å²) < 4.78 is 39.4. The Morgan fingerprint density at radius 2 is 1.72 bits per heavy atom. The molecule has 4 rings (SSSR count). The molecule has 0 unspecified atom stereocenters. The van der Waals surface area contributed by atoms with Crippen molar-refractivity contribution in [2.45, 2.75) is 13.5 Å². The van der Waals surface area contributed by atoms with Gasteiger partial charge in [0.05, 0.1) is 12.2 Å². The van der Waals surface area contributed by atoms with Gasteiger partial charge in [-0.2, -0.15) is 0 Å². The van der Waals surface area contributed by atoms with Crippen molar-refractivity contribution in [2.75, 3.05) is 7.11 Å². The summed E-state index contributed by atoms with van der Waals surface area (Å²) in [6.45, 7) is 2.30. The number of hydrogen-bond donors (Lipinski definition) is 1. The van der Waals surface area contributed by atoms with Crippen molar-refractivity contribution >= 4 is 5.97 Å². The van der Waals surface area contributed by atoms with E-state index in [1.807, 2.05) is 49.4 Å². The fraction of sp³-hybridized carbons (Fsp3) is 0.120. The Labute approximate surface area is 182 Å². The van der Waals surface area contributed by atoms with Gasteiger partial charge in [0.15, 0.2) is 5.76 Å². The molecule has 0 spiro atoms. The maximum atomic E-state index is 14.5. The largest absolute Gasteiger partial charge is 0.478 e. The molecule has 1 aromatic heterocycles. The van der Waals surface area contributed by atoms with Gasteiger partial charge in [-0.05, 0) is 41.3 Å². The second-order valence-corrected chi connectivity index (χ2v) is 7.26. The second kappa shape index (κ2) is 8.72. The highest BCUT2D eigenvalue weighted by Crippen LogP contribution is 2.36. The molecule has 0 amide bonds. The molecular weight excluding hydrogens is 416 g/mol. The third-order valence-corrected chi connectivity index (χ3v) is 5.31. The summed E-state index contributed by atoms with van der Waals surface area (Å²) in [4.78, 5) is 11.0. The molecule has 1 N–H and O–H groups in total. The highest BCUT2D eigenvalue weighted by molar-refractivity contribution is 5.89. The topological polar surface area (TPSA) is 72.6 Å². The standard InChI is InChI=1S/C25H19F2NO4/c1-14-16(15-6-4-3-5-7-15)8-9-17(20(14)13-31-2)24-12-23(28-32-24)18-10-22(27)19(25(29)30)11-21(18)26/h3-12H,13H2,1-2H3,(H,29,30). The average Bonchev–Trinajstić information content (AvgIpc) is 3.26. The summed E-state index contributed by atoms with van der Waals surface area (Å²) in [5.41, 5.74) is 3.81. The van der Waals surface area contributed by atoms with Crippen LogP contribution in [0.4, 0.5) is 8.78 Å². The van der Waals surface area contributed by atoms with Crippen molar-refractivity contribution in [3.63, 3.8) is 0 Å². The minimum atomic E-state index is -1.55.